The maximum absolute atomic E-state index is 12.7. The zero-order chi connectivity index (χ0) is 12.1. The average Bonchev–Trinajstić information content (AvgIpc) is 2.21. The van der Waals surface area contributed by atoms with Gasteiger partial charge in [-0.05, 0) is 24.6 Å². The van der Waals surface area contributed by atoms with E-state index in [0.29, 0.717) is 0 Å². The fourth-order valence-corrected chi connectivity index (χ4v) is 1.50. The number of methoxy groups -OCH3 is 1. The minimum absolute atomic E-state index is 0.331. The summed E-state index contributed by atoms with van der Waals surface area (Å²) >= 11 is 0. The largest absolute Gasteiger partial charge is 0.444 e. The maximum Gasteiger partial charge on any atom is 0.404 e. The third kappa shape index (κ3) is 3.20. The number of ether oxygens (including phenoxy) is 2. The predicted octanol–water partition coefficient (Wildman–Crippen LogP) is 2.00. The van der Waals surface area contributed by atoms with E-state index in [9.17, 15) is 9.18 Å². The predicted molar refractivity (Wildman–Crippen MR) is 56.3 cm³/mol. The molecular weight excluding hydrogens is 213 g/mol. The molecule has 0 aliphatic heterocycles. The van der Waals surface area contributed by atoms with Crippen molar-refractivity contribution in [2.24, 2.45) is 5.73 Å². The zero-order valence-corrected chi connectivity index (χ0v) is 9.14. The minimum Gasteiger partial charge on any atom is -0.444 e. The molecule has 4 nitrogen and oxygen atoms in total. The van der Waals surface area contributed by atoms with E-state index < -0.39 is 18.3 Å². The molecule has 2 atom stereocenters. The van der Waals surface area contributed by atoms with Crippen LogP contribution in [0.1, 0.15) is 18.6 Å². The highest BCUT2D eigenvalue weighted by molar-refractivity contribution is 5.64. The van der Waals surface area contributed by atoms with Gasteiger partial charge in [-0.2, -0.15) is 0 Å². The van der Waals surface area contributed by atoms with Crippen LogP contribution in [0.2, 0.25) is 0 Å². The van der Waals surface area contributed by atoms with Crippen molar-refractivity contribution in [1.82, 2.24) is 0 Å². The van der Waals surface area contributed by atoms with E-state index in [1.807, 2.05) is 0 Å². The van der Waals surface area contributed by atoms with Crippen LogP contribution in [0.3, 0.4) is 0 Å². The molecule has 0 unspecified atom stereocenters. The molecule has 0 aliphatic carbocycles. The molecule has 2 N–H and O–H groups in total. The number of hydrogen-bond donors (Lipinski definition) is 1. The molecule has 0 heterocycles. The summed E-state index contributed by atoms with van der Waals surface area (Å²) in [6.45, 7) is 1.66. The zero-order valence-electron chi connectivity index (χ0n) is 9.14. The molecule has 0 saturated heterocycles. The molecule has 1 aromatic rings. The van der Waals surface area contributed by atoms with E-state index in [1.165, 1.54) is 19.2 Å². The fraction of sp³-hybridized carbons (Fsp3) is 0.364. The third-order valence-corrected chi connectivity index (χ3v) is 2.18. The number of halogens is 1. The van der Waals surface area contributed by atoms with Gasteiger partial charge < -0.3 is 15.2 Å². The normalized spacial score (nSPS) is 14.2. The highest BCUT2D eigenvalue weighted by Crippen LogP contribution is 2.22. The molecule has 1 aromatic carbocycles. The van der Waals surface area contributed by atoms with Gasteiger partial charge in [0.25, 0.3) is 0 Å². The van der Waals surface area contributed by atoms with Crippen molar-refractivity contribution >= 4 is 6.09 Å². The van der Waals surface area contributed by atoms with Crippen LogP contribution in [0.5, 0.6) is 0 Å². The molecule has 0 radical (unpaired) electrons. The van der Waals surface area contributed by atoms with Crippen molar-refractivity contribution in [3.8, 4) is 0 Å². The van der Waals surface area contributed by atoms with Crippen LogP contribution in [-0.4, -0.2) is 19.3 Å². The van der Waals surface area contributed by atoms with Gasteiger partial charge in [-0.3, -0.25) is 0 Å². The summed E-state index contributed by atoms with van der Waals surface area (Å²) in [6, 6.07) is 5.78. The number of amides is 1. The van der Waals surface area contributed by atoms with Crippen molar-refractivity contribution in [2.75, 3.05) is 7.11 Å². The molecule has 0 saturated carbocycles. The quantitative estimate of drug-likeness (QED) is 0.855. The number of hydrogen-bond acceptors (Lipinski definition) is 3. The summed E-state index contributed by atoms with van der Waals surface area (Å²) < 4.78 is 22.7. The van der Waals surface area contributed by atoms with Gasteiger partial charge in [-0.25, -0.2) is 9.18 Å². The first-order valence-electron chi connectivity index (χ1n) is 4.79. The lowest BCUT2D eigenvalue weighted by Gasteiger charge is -2.22. The Morgan fingerprint density at radius 1 is 1.38 bits per heavy atom. The molecule has 1 rings (SSSR count). The van der Waals surface area contributed by atoms with Crippen LogP contribution < -0.4 is 5.73 Å². The molecule has 88 valence electrons. The van der Waals surface area contributed by atoms with Gasteiger partial charge in [0.15, 0.2) is 0 Å². The van der Waals surface area contributed by atoms with Gasteiger partial charge in [0.2, 0.25) is 0 Å². The lowest BCUT2D eigenvalue weighted by molar-refractivity contribution is -0.0121. The molecule has 16 heavy (non-hydrogen) atoms. The summed E-state index contributed by atoms with van der Waals surface area (Å²) in [5.41, 5.74) is 5.63. The molecule has 0 fully saturated rings. The summed E-state index contributed by atoms with van der Waals surface area (Å²) in [5, 5.41) is 0. The third-order valence-electron chi connectivity index (χ3n) is 2.18. The van der Waals surface area contributed by atoms with Crippen molar-refractivity contribution in [3.63, 3.8) is 0 Å². The van der Waals surface area contributed by atoms with Gasteiger partial charge in [0, 0.05) is 7.11 Å². The maximum atomic E-state index is 12.7. The number of nitrogens with two attached hydrogens (primary N) is 1. The number of carbonyl (C=O) groups is 1. The summed E-state index contributed by atoms with van der Waals surface area (Å²) in [6.07, 6.45) is -1.86. The Balaban J connectivity index is 2.81. The first-order chi connectivity index (χ1) is 7.54. The smallest absolute Gasteiger partial charge is 0.404 e. The molecule has 0 spiro atoms. The molecular formula is C11H14FNO3. The number of carbonyl (C=O) groups excluding carboxylic acids is 1. The summed E-state index contributed by atoms with van der Waals surface area (Å²) in [7, 11) is 1.48. The summed E-state index contributed by atoms with van der Waals surface area (Å²) in [4.78, 5) is 10.6. The van der Waals surface area contributed by atoms with Gasteiger partial charge in [-0.1, -0.05) is 12.1 Å². The lowest BCUT2D eigenvalue weighted by atomic mass is 10.1. The molecule has 0 bridgehead atoms. The van der Waals surface area contributed by atoms with Crippen LogP contribution in [0.25, 0.3) is 0 Å². The lowest BCUT2D eigenvalue weighted by Crippen LogP contribution is -2.26. The second kappa shape index (κ2) is 5.46. The standard InChI is InChI=1S/C11H14FNO3/c1-7(16-11(13)14)10(15-2)8-3-5-9(12)6-4-8/h3-7,10H,1-2H3,(H2,13,14)/t7-,10+/m0/s1. The van der Waals surface area contributed by atoms with Crippen molar-refractivity contribution < 1.29 is 18.7 Å². The molecule has 0 aliphatic rings. The fourth-order valence-electron chi connectivity index (χ4n) is 1.50. The van der Waals surface area contributed by atoms with Crippen LogP contribution in [0, 0.1) is 5.82 Å². The SMILES string of the molecule is CO[C@@H](c1ccc(F)cc1)[C@H](C)OC(N)=O. The van der Waals surface area contributed by atoms with E-state index in [4.69, 9.17) is 15.2 Å². The van der Waals surface area contributed by atoms with E-state index in [-0.39, 0.29) is 5.82 Å². The first kappa shape index (κ1) is 12.4. The monoisotopic (exact) mass is 227 g/mol. The van der Waals surface area contributed by atoms with Crippen LogP contribution in [0.4, 0.5) is 9.18 Å². The van der Waals surface area contributed by atoms with Crippen LogP contribution >= 0.6 is 0 Å². The van der Waals surface area contributed by atoms with Crippen LogP contribution in [0.15, 0.2) is 24.3 Å². The Labute approximate surface area is 93.2 Å². The topological polar surface area (TPSA) is 61.6 Å². The summed E-state index contributed by atoms with van der Waals surface area (Å²) in [5.74, 6) is -0.331. The van der Waals surface area contributed by atoms with E-state index in [0.717, 1.165) is 5.56 Å². The second-order valence-corrected chi connectivity index (χ2v) is 3.35. The van der Waals surface area contributed by atoms with Gasteiger partial charge in [-0.15, -0.1) is 0 Å². The van der Waals surface area contributed by atoms with Crippen molar-refractivity contribution in [2.45, 2.75) is 19.1 Å². The van der Waals surface area contributed by atoms with Gasteiger partial charge in [0.05, 0.1) is 0 Å². The second-order valence-electron chi connectivity index (χ2n) is 3.35. The Bertz CT molecular complexity index is 353. The minimum atomic E-state index is -0.864. The van der Waals surface area contributed by atoms with E-state index in [2.05, 4.69) is 0 Å². The van der Waals surface area contributed by atoms with Crippen LogP contribution in [-0.2, 0) is 9.47 Å². The highest BCUT2D eigenvalue weighted by atomic mass is 19.1. The Hall–Kier alpha value is -1.62. The number of benzene rings is 1. The Morgan fingerprint density at radius 2 is 1.94 bits per heavy atom. The van der Waals surface area contributed by atoms with Gasteiger partial charge >= 0.3 is 6.09 Å². The number of primary amides is 1. The number of rotatable bonds is 4. The van der Waals surface area contributed by atoms with Crippen molar-refractivity contribution in [1.29, 1.82) is 0 Å². The average molecular weight is 227 g/mol. The van der Waals surface area contributed by atoms with Crippen molar-refractivity contribution in [3.05, 3.63) is 35.6 Å². The van der Waals surface area contributed by atoms with Gasteiger partial charge in [0.1, 0.15) is 18.0 Å². The Kier molecular flexibility index (Phi) is 4.25. The molecule has 5 heteroatoms. The molecule has 1 amide bonds. The van der Waals surface area contributed by atoms with E-state index in [1.54, 1.807) is 19.1 Å². The Morgan fingerprint density at radius 3 is 2.38 bits per heavy atom. The highest BCUT2D eigenvalue weighted by Gasteiger charge is 2.21. The first-order valence-corrected chi connectivity index (χ1v) is 4.79. The van der Waals surface area contributed by atoms with E-state index >= 15 is 0 Å². The molecule has 0 aromatic heterocycles.